The molecule has 1 atom stereocenters. The van der Waals surface area contributed by atoms with Crippen LogP contribution in [0, 0.1) is 18.6 Å². The fourth-order valence-electron chi connectivity index (χ4n) is 4.92. The lowest BCUT2D eigenvalue weighted by Gasteiger charge is -2.39. The summed E-state index contributed by atoms with van der Waals surface area (Å²) in [6, 6.07) is 4.01. The van der Waals surface area contributed by atoms with E-state index in [1.54, 1.807) is 31.4 Å². The molecule has 1 fully saturated rings. The summed E-state index contributed by atoms with van der Waals surface area (Å²) in [6.07, 6.45) is 3.44. The second-order valence-corrected chi connectivity index (χ2v) is 10.8. The van der Waals surface area contributed by atoms with Crippen LogP contribution in [0.25, 0.3) is 16.8 Å². The van der Waals surface area contributed by atoms with Gasteiger partial charge in [-0.1, -0.05) is 0 Å². The van der Waals surface area contributed by atoms with Crippen molar-refractivity contribution in [2.24, 2.45) is 0 Å². The molecule has 0 radical (unpaired) electrons. The van der Waals surface area contributed by atoms with E-state index in [-0.39, 0.29) is 48.1 Å². The van der Waals surface area contributed by atoms with Crippen LogP contribution in [0.5, 0.6) is 5.75 Å². The fraction of sp³-hybridized carbons (Fsp3) is 0.357. The van der Waals surface area contributed by atoms with Crippen molar-refractivity contribution >= 4 is 17.2 Å². The highest BCUT2D eigenvalue weighted by Gasteiger charge is 2.42. The molecule has 2 aliphatic heterocycles. The third-order valence-electron chi connectivity index (χ3n) is 7.27. The summed E-state index contributed by atoms with van der Waals surface area (Å²) in [6.45, 7) is 6.37. The first kappa shape index (κ1) is 26.2. The minimum absolute atomic E-state index is 0.0115. The minimum atomic E-state index is -1.36. The van der Waals surface area contributed by atoms with E-state index in [9.17, 15) is 15.0 Å². The first-order chi connectivity index (χ1) is 18.9. The van der Waals surface area contributed by atoms with Crippen molar-refractivity contribution in [2.75, 3.05) is 18.1 Å². The molecule has 2 N–H and O–H groups in total. The van der Waals surface area contributed by atoms with Crippen molar-refractivity contribution in [1.29, 1.82) is 0 Å². The second kappa shape index (κ2) is 9.01. The van der Waals surface area contributed by atoms with Crippen LogP contribution < -0.4 is 9.64 Å². The Morgan fingerprint density at radius 1 is 1.15 bits per heavy atom. The number of hydrogen-bond acceptors (Lipinski definition) is 8. The van der Waals surface area contributed by atoms with Crippen LogP contribution in [-0.2, 0) is 27.3 Å². The maximum absolute atomic E-state index is 15.2. The van der Waals surface area contributed by atoms with Crippen LogP contribution in [0.2, 0.25) is 0 Å². The van der Waals surface area contributed by atoms with Gasteiger partial charge in [0.2, 0.25) is 0 Å². The summed E-state index contributed by atoms with van der Waals surface area (Å²) < 4.78 is 42.8. The third-order valence-corrected chi connectivity index (χ3v) is 7.27. The van der Waals surface area contributed by atoms with Gasteiger partial charge >= 0.3 is 0 Å². The van der Waals surface area contributed by atoms with Crippen molar-refractivity contribution in [3.05, 3.63) is 71.2 Å². The van der Waals surface area contributed by atoms with E-state index < -0.39 is 34.8 Å². The lowest BCUT2D eigenvalue weighted by Crippen LogP contribution is -2.48. The van der Waals surface area contributed by atoms with E-state index >= 15 is 8.78 Å². The fourth-order valence-corrected chi connectivity index (χ4v) is 4.92. The standard InChI is InChI=1S/C28H27F2N5O5/c1-14-22(34-10-18(19(29)7-23(34)33-14)16-8-31-26(32-9-16)27(3,4)37)11-35-21-6-17(28(38)12-39-13-28)5-20(30)24(21)40-15(2)25(35)36/h5-10,15,37-38H,11-13H2,1-4H3/t15-/m1/s1. The topological polar surface area (TPSA) is 122 Å². The number of fused-ring (bicyclic) bond motifs is 2. The van der Waals surface area contributed by atoms with E-state index in [1.807, 2.05) is 0 Å². The van der Waals surface area contributed by atoms with Crippen LogP contribution >= 0.6 is 0 Å². The van der Waals surface area contributed by atoms with Crippen LogP contribution in [0.1, 0.15) is 43.5 Å². The molecule has 5 heterocycles. The molecule has 4 aromatic rings. The number of amides is 1. The van der Waals surface area contributed by atoms with Crippen LogP contribution in [-0.4, -0.2) is 54.8 Å². The molecule has 12 heteroatoms. The SMILES string of the molecule is Cc1nc2cc(F)c(-c3cnc(C(C)(C)O)nc3)cn2c1CN1C(=O)[C@@H](C)Oc2c(F)cc(C3(O)COC3)cc21. The Hall–Kier alpha value is -4.00. The van der Waals surface area contributed by atoms with Gasteiger partial charge in [-0.25, -0.2) is 23.7 Å². The number of halogens is 2. The Bertz CT molecular complexity index is 1660. The van der Waals surface area contributed by atoms with Crippen LogP contribution in [0.4, 0.5) is 14.5 Å². The third kappa shape index (κ3) is 4.19. The molecule has 0 bridgehead atoms. The molecular weight excluding hydrogens is 524 g/mol. The minimum Gasteiger partial charge on any atom is -0.476 e. The number of rotatable bonds is 5. The summed E-state index contributed by atoms with van der Waals surface area (Å²) in [5.74, 6) is -1.56. The van der Waals surface area contributed by atoms with Crippen LogP contribution in [0.15, 0.2) is 36.8 Å². The number of aliphatic hydroxyl groups is 2. The molecule has 2 aliphatic rings. The van der Waals surface area contributed by atoms with E-state index in [4.69, 9.17) is 9.47 Å². The van der Waals surface area contributed by atoms with Crippen molar-refractivity contribution in [2.45, 2.75) is 51.5 Å². The molecule has 0 spiro atoms. The van der Waals surface area contributed by atoms with E-state index in [2.05, 4.69) is 15.0 Å². The molecule has 0 saturated carbocycles. The van der Waals surface area contributed by atoms with E-state index in [1.165, 1.54) is 42.4 Å². The number of nitrogens with zero attached hydrogens (tertiary/aromatic N) is 5. The average molecular weight is 552 g/mol. The number of aryl methyl sites for hydroxylation is 1. The van der Waals surface area contributed by atoms with Gasteiger partial charge in [0.25, 0.3) is 5.91 Å². The van der Waals surface area contributed by atoms with Gasteiger partial charge < -0.3 is 24.1 Å². The summed E-state index contributed by atoms with van der Waals surface area (Å²) >= 11 is 0. The lowest BCUT2D eigenvalue weighted by molar-refractivity contribution is -0.184. The molecule has 208 valence electrons. The number of anilines is 1. The average Bonchev–Trinajstić information content (AvgIpc) is 3.18. The maximum Gasteiger partial charge on any atom is 0.268 e. The molecule has 1 saturated heterocycles. The number of carbonyl (C=O) groups is 1. The summed E-state index contributed by atoms with van der Waals surface area (Å²) in [5.41, 5.74) is -0.166. The van der Waals surface area contributed by atoms with Gasteiger partial charge in [0.05, 0.1) is 36.8 Å². The first-order valence-corrected chi connectivity index (χ1v) is 12.7. The summed E-state index contributed by atoms with van der Waals surface area (Å²) in [4.78, 5) is 27.6. The molecule has 0 aliphatic carbocycles. The van der Waals surface area contributed by atoms with Gasteiger partial charge in [-0.3, -0.25) is 9.69 Å². The van der Waals surface area contributed by atoms with Gasteiger partial charge in [-0.2, -0.15) is 0 Å². The van der Waals surface area contributed by atoms with Crippen LogP contribution in [0.3, 0.4) is 0 Å². The first-order valence-electron chi connectivity index (χ1n) is 12.7. The highest BCUT2D eigenvalue weighted by molar-refractivity contribution is 6.00. The Morgan fingerprint density at radius 2 is 1.85 bits per heavy atom. The summed E-state index contributed by atoms with van der Waals surface area (Å²) in [5, 5.41) is 20.9. The zero-order chi connectivity index (χ0) is 28.6. The molecule has 40 heavy (non-hydrogen) atoms. The highest BCUT2D eigenvalue weighted by atomic mass is 19.1. The Kier molecular flexibility index (Phi) is 5.91. The molecule has 10 nitrogen and oxygen atoms in total. The molecule has 1 aromatic carbocycles. The normalized spacial score (nSPS) is 18.4. The number of aromatic nitrogens is 4. The zero-order valence-electron chi connectivity index (χ0n) is 22.3. The number of ether oxygens (including phenoxy) is 2. The Morgan fingerprint density at radius 3 is 2.48 bits per heavy atom. The molecule has 1 amide bonds. The molecule has 0 unspecified atom stereocenters. The predicted molar refractivity (Wildman–Crippen MR) is 139 cm³/mol. The number of benzene rings is 1. The number of imidazole rings is 1. The smallest absolute Gasteiger partial charge is 0.268 e. The van der Waals surface area contributed by atoms with Crippen molar-refractivity contribution in [1.82, 2.24) is 19.4 Å². The monoisotopic (exact) mass is 551 g/mol. The van der Waals surface area contributed by atoms with Crippen molar-refractivity contribution in [3.8, 4) is 16.9 Å². The second-order valence-electron chi connectivity index (χ2n) is 10.8. The highest BCUT2D eigenvalue weighted by Crippen LogP contribution is 2.42. The summed E-state index contributed by atoms with van der Waals surface area (Å²) in [7, 11) is 0. The van der Waals surface area contributed by atoms with Gasteiger partial charge in [0.15, 0.2) is 23.5 Å². The van der Waals surface area contributed by atoms with E-state index in [0.29, 0.717) is 22.6 Å². The molecule has 3 aromatic heterocycles. The van der Waals surface area contributed by atoms with Crippen molar-refractivity contribution in [3.63, 3.8) is 0 Å². The predicted octanol–water partition coefficient (Wildman–Crippen LogP) is 3.14. The maximum atomic E-state index is 15.2. The van der Waals surface area contributed by atoms with Gasteiger partial charge in [-0.05, 0) is 45.4 Å². The van der Waals surface area contributed by atoms with E-state index in [0.717, 1.165) is 0 Å². The lowest BCUT2D eigenvalue weighted by atomic mass is 9.91. The van der Waals surface area contributed by atoms with Gasteiger partial charge in [0, 0.05) is 35.8 Å². The van der Waals surface area contributed by atoms with Crippen molar-refractivity contribution < 1.29 is 33.3 Å². The number of carbonyl (C=O) groups excluding carboxylic acids is 1. The largest absolute Gasteiger partial charge is 0.476 e. The molecular formula is C28H27F2N5O5. The quantitative estimate of drug-likeness (QED) is 0.388. The van der Waals surface area contributed by atoms with Gasteiger partial charge in [-0.15, -0.1) is 0 Å². The number of hydrogen-bond donors (Lipinski definition) is 2. The zero-order valence-corrected chi connectivity index (χ0v) is 22.3. The molecule has 6 rings (SSSR count). The van der Waals surface area contributed by atoms with Gasteiger partial charge in [0.1, 0.15) is 22.7 Å². The Balaban J connectivity index is 1.44. The number of pyridine rings is 1. The Labute approximate surface area is 227 Å².